The molecule has 0 aliphatic carbocycles. The molecular weight excluding hydrogens is 256 g/mol. The van der Waals surface area contributed by atoms with E-state index >= 15 is 0 Å². The van der Waals surface area contributed by atoms with Gasteiger partial charge in [0.05, 0.1) is 12.1 Å². The van der Waals surface area contributed by atoms with Crippen molar-refractivity contribution in [3.63, 3.8) is 0 Å². The average molecular weight is 268 g/mol. The molecule has 5 heteroatoms. The van der Waals surface area contributed by atoms with E-state index in [9.17, 15) is 9.59 Å². The number of carboxylic acids is 1. The molecule has 1 heterocycles. The molecule has 2 aromatic rings. The van der Waals surface area contributed by atoms with Crippen LogP contribution < -0.4 is 5.56 Å². The molecule has 0 amide bonds. The van der Waals surface area contributed by atoms with Gasteiger partial charge in [-0.25, -0.2) is 4.79 Å². The van der Waals surface area contributed by atoms with E-state index in [1.54, 1.807) is 25.1 Å². The van der Waals surface area contributed by atoms with Crippen LogP contribution in [0.1, 0.15) is 27.2 Å². The number of hydrogen-bond acceptors (Lipinski definition) is 3. The number of nitriles is 1. The van der Waals surface area contributed by atoms with Crippen LogP contribution in [0.25, 0.3) is 0 Å². The molecular formula is C15H12N2O3. The largest absolute Gasteiger partial charge is 0.478 e. The Morgan fingerprint density at radius 2 is 1.90 bits per heavy atom. The van der Waals surface area contributed by atoms with Gasteiger partial charge in [0, 0.05) is 5.69 Å². The number of rotatable bonds is 3. The first-order chi connectivity index (χ1) is 9.52. The summed E-state index contributed by atoms with van der Waals surface area (Å²) in [6, 6.07) is 11.4. The molecule has 0 aliphatic heterocycles. The van der Waals surface area contributed by atoms with Crippen LogP contribution in [-0.4, -0.2) is 15.6 Å². The maximum absolute atomic E-state index is 12.0. The summed E-state index contributed by atoms with van der Waals surface area (Å²) in [6.45, 7) is 2.09. The molecule has 0 spiro atoms. The third kappa shape index (κ3) is 2.59. The second-order valence-electron chi connectivity index (χ2n) is 4.39. The lowest BCUT2D eigenvalue weighted by atomic mass is 10.1. The highest BCUT2D eigenvalue weighted by Gasteiger charge is 2.07. The number of aromatic carboxylic acids is 1. The summed E-state index contributed by atoms with van der Waals surface area (Å²) in [7, 11) is 0. The van der Waals surface area contributed by atoms with E-state index in [2.05, 4.69) is 0 Å². The van der Waals surface area contributed by atoms with Gasteiger partial charge in [-0.2, -0.15) is 5.26 Å². The number of carboxylic acid groups (broad SMARTS) is 1. The summed E-state index contributed by atoms with van der Waals surface area (Å²) < 4.78 is 1.49. The van der Waals surface area contributed by atoms with Gasteiger partial charge in [0.15, 0.2) is 0 Å². The molecule has 1 N–H and O–H groups in total. The molecule has 0 saturated heterocycles. The second-order valence-corrected chi connectivity index (χ2v) is 4.39. The predicted molar refractivity (Wildman–Crippen MR) is 72.7 cm³/mol. The maximum Gasteiger partial charge on any atom is 0.335 e. The Morgan fingerprint density at radius 1 is 1.25 bits per heavy atom. The van der Waals surface area contributed by atoms with Gasteiger partial charge < -0.3 is 9.67 Å². The van der Waals surface area contributed by atoms with Crippen molar-refractivity contribution in [1.29, 1.82) is 5.26 Å². The van der Waals surface area contributed by atoms with Gasteiger partial charge in [-0.15, -0.1) is 0 Å². The molecule has 20 heavy (non-hydrogen) atoms. The molecule has 0 fully saturated rings. The highest BCUT2D eigenvalue weighted by atomic mass is 16.4. The molecule has 0 atom stereocenters. The molecule has 0 saturated carbocycles. The monoisotopic (exact) mass is 268 g/mol. The first-order valence-corrected chi connectivity index (χ1v) is 5.95. The topological polar surface area (TPSA) is 83.1 Å². The van der Waals surface area contributed by atoms with Crippen molar-refractivity contribution in [3.05, 3.63) is 69.1 Å². The predicted octanol–water partition coefficient (Wildman–Crippen LogP) is 1.77. The minimum Gasteiger partial charge on any atom is -0.478 e. The smallest absolute Gasteiger partial charge is 0.335 e. The zero-order chi connectivity index (χ0) is 14.7. The Morgan fingerprint density at radius 3 is 2.45 bits per heavy atom. The van der Waals surface area contributed by atoms with Crippen molar-refractivity contribution in [2.24, 2.45) is 0 Å². The molecule has 0 unspecified atom stereocenters. The summed E-state index contributed by atoms with van der Waals surface area (Å²) in [5.41, 5.74) is 1.50. The summed E-state index contributed by atoms with van der Waals surface area (Å²) >= 11 is 0. The zero-order valence-electron chi connectivity index (χ0n) is 10.8. The summed E-state index contributed by atoms with van der Waals surface area (Å²) in [6.07, 6.45) is 0. The lowest BCUT2D eigenvalue weighted by Crippen LogP contribution is -2.24. The third-order valence-electron chi connectivity index (χ3n) is 3.05. The van der Waals surface area contributed by atoms with E-state index in [1.807, 2.05) is 6.07 Å². The Labute approximate surface area is 115 Å². The lowest BCUT2D eigenvalue weighted by molar-refractivity contribution is 0.0697. The number of benzene rings is 1. The number of nitrogens with zero attached hydrogens (tertiary/aromatic N) is 2. The van der Waals surface area contributed by atoms with Crippen LogP contribution in [0, 0.1) is 18.3 Å². The summed E-state index contributed by atoms with van der Waals surface area (Å²) in [5.74, 6) is -0.989. The number of pyridine rings is 1. The van der Waals surface area contributed by atoms with Crippen LogP contribution in [0.4, 0.5) is 0 Å². The normalized spacial score (nSPS) is 10.0. The van der Waals surface area contributed by atoms with Crippen LogP contribution in [0.2, 0.25) is 0 Å². The third-order valence-corrected chi connectivity index (χ3v) is 3.05. The van der Waals surface area contributed by atoms with E-state index in [1.165, 1.54) is 22.8 Å². The van der Waals surface area contributed by atoms with Crippen LogP contribution in [0.3, 0.4) is 0 Å². The van der Waals surface area contributed by atoms with E-state index < -0.39 is 5.97 Å². The summed E-state index contributed by atoms with van der Waals surface area (Å²) in [4.78, 5) is 22.8. The van der Waals surface area contributed by atoms with Gasteiger partial charge in [-0.05, 0) is 36.8 Å². The SMILES string of the molecule is Cc1ccc(C#N)c(=O)n1Cc1ccc(C(=O)O)cc1. The van der Waals surface area contributed by atoms with Gasteiger partial charge in [-0.3, -0.25) is 4.79 Å². The lowest BCUT2D eigenvalue weighted by Gasteiger charge is -2.10. The van der Waals surface area contributed by atoms with Gasteiger partial charge in [-0.1, -0.05) is 12.1 Å². The van der Waals surface area contributed by atoms with Crippen molar-refractivity contribution in [2.45, 2.75) is 13.5 Å². The standard InChI is InChI=1S/C15H12N2O3/c1-10-2-5-13(8-16)14(18)17(10)9-11-3-6-12(7-4-11)15(19)20/h2-7H,9H2,1H3,(H,19,20). The number of carbonyl (C=O) groups is 1. The molecule has 0 aliphatic rings. The quantitative estimate of drug-likeness (QED) is 0.919. The Hall–Kier alpha value is -2.87. The van der Waals surface area contributed by atoms with E-state index in [0.29, 0.717) is 6.54 Å². The van der Waals surface area contributed by atoms with Crippen molar-refractivity contribution in [3.8, 4) is 6.07 Å². The fourth-order valence-electron chi connectivity index (χ4n) is 1.89. The van der Waals surface area contributed by atoms with Crippen molar-refractivity contribution in [2.75, 3.05) is 0 Å². The Kier molecular flexibility index (Phi) is 3.67. The van der Waals surface area contributed by atoms with Crippen molar-refractivity contribution < 1.29 is 9.90 Å². The molecule has 5 nitrogen and oxygen atoms in total. The summed E-state index contributed by atoms with van der Waals surface area (Å²) in [5, 5.41) is 17.7. The maximum atomic E-state index is 12.0. The molecule has 100 valence electrons. The molecule has 0 radical (unpaired) electrons. The number of aryl methyl sites for hydroxylation is 1. The van der Waals surface area contributed by atoms with Crippen LogP contribution in [-0.2, 0) is 6.54 Å². The van der Waals surface area contributed by atoms with Crippen molar-refractivity contribution in [1.82, 2.24) is 4.57 Å². The van der Waals surface area contributed by atoms with Gasteiger partial charge >= 0.3 is 5.97 Å². The fourth-order valence-corrected chi connectivity index (χ4v) is 1.89. The molecule has 1 aromatic carbocycles. The average Bonchev–Trinajstić information content (AvgIpc) is 2.44. The van der Waals surface area contributed by atoms with E-state index in [4.69, 9.17) is 10.4 Å². The zero-order valence-corrected chi connectivity index (χ0v) is 10.8. The minimum atomic E-state index is -0.989. The van der Waals surface area contributed by atoms with E-state index in [0.717, 1.165) is 11.3 Å². The van der Waals surface area contributed by atoms with Gasteiger partial charge in [0.25, 0.3) is 5.56 Å². The highest BCUT2D eigenvalue weighted by Crippen LogP contribution is 2.07. The van der Waals surface area contributed by atoms with Crippen LogP contribution in [0.5, 0.6) is 0 Å². The first-order valence-electron chi connectivity index (χ1n) is 5.95. The van der Waals surface area contributed by atoms with Crippen LogP contribution in [0.15, 0.2) is 41.2 Å². The number of aromatic nitrogens is 1. The van der Waals surface area contributed by atoms with Crippen molar-refractivity contribution >= 4 is 5.97 Å². The van der Waals surface area contributed by atoms with Gasteiger partial charge in [0.2, 0.25) is 0 Å². The highest BCUT2D eigenvalue weighted by molar-refractivity contribution is 5.87. The molecule has 1 aromatic heterocycles. The Bertz CT molecular complexity index is 752. The van der Waals surface area contributed by atoms with Gasteiger partial charge in [0.1, 0.15) is 11.6 Å². The first kappa shape index (κ1) is 13.6. The number of hydrogen-bond donors (Lipinski definition) is 1. The van der Waals surface area contributed by atoms with E-state index in [-0.39, 0.29) is 16.7 Å². The molecule has 0 bridgehead atoms. The second kappa shape index (κ2) is 5.41. The molecule has 2 rings (SSSR count). The minimum absolute atomic E-state index is 0.0951. The Balaban J connectivity index is 2.38. The fraction of sp³-hybridized carbons (Fsp3) is 0.133. The van der Waals surface area contributed by atoms with Crippen LogP contribution >= 0.6 is 0 Å².